The largest absolute Gasteiger partial charge is 0.384 e. The van der Waals surface area contributed by atoms with Crippen molar-refractivity contribution >= 4 is 28.8 Å². The number of hydrogen-bond donors (Lipinski definition) is 3. The topological polar surface area (TPSA) is 96.3 Å². The molecule has 0 spiro atoms. The smallest absolute Gasteiger partial charge is 0.323 e. The maximum atomic E-state index is 12.0. The van der Waals surface area contributed by atoms with Crippen molar-refractivity contribution < 1.29 is 9.72 Å². The fourth-order valence-electron chi connectivity index (χ4n) is 2.36. The molecule has 0 bridgehead atoms. The van der Waals surface area contributed by atoms with E-state index in [2.05, 4.69) is 16.0 Å². The van der Waals surface area contributed by atoms with Crippen molar-refractivity contribution in [2.24, 2.45) is 0 Å². The number of nitro groups is 1. The highest BCUT2D eigenvalue weighted by Crippen LogP contribution is 2.25. The summed E-state index contributed by atoms with van der Waals surface area (Å²) < 4.78 is 0. The Hall–Kier alpha value is -3.09. The molecule has 2 aromatic rings. The summed E-state index contributed by atoms with van der Waals surface area (Å²) in [5, 5.41) is 19.2. The Morgan fingerprint density at radius 1 is 1.14 bits per heavy atom. The lowest BCUT2D eigenvalue weighted by atomic mass is 10.1. The number of rotatable bonds is 3. The molecule has 3 N–H and O–H groups in total. The predicted molar refractivity (Wildman–Crippen MR) is 84.4 cm³/mol. The fraction of sp³-hybridized carbons (Fsp3) is 0.133. The summed E-state index contributed by atoms with van der Waals surface area (Å²) in [7, 11) is 0. The number of carbonyl (C=O) groups is 1. The first-order valence-corrected chi connectivity index (χ1v) is 6.81. The van der Waals surface area contributed by atoms with E-state index in [1.165, 1.54) is 23.8 Å². The number of nitrogens with zero attached hydrogens (tertiary/aromatic N) is 1. The second-order valence-corrected chi connectivity index (χ2v) is 4.94. The van der Waals surface area contributed by atoms with E-state index in [1.54, 1.807) is 6.07 Å². The van der Waals surface area contributed by atoms with Gasteiger partial charge in [0.1, 0.15) is 0 Å². The summed E-state index contributed by atoms with van der Waals surface area (Å²) in [5.41, 5.74) is 3.21. The molecule has 0 aromatic heterocycles. The van der Waals surface area contributed by atoms with Crippen LogP contribution in [-0.2, 0) is 6.42 Å². The fourth-order valence-corrected chi connectivity index (χ4v) is 2.36. The maximum Gasteiger partial charge on any atom is 0.323 e. The van der Waals surface area contributed by atoms with Crippen molar-refractivity contribution in [1.82, 2.24) is 0 Å². The molecule has 0 fully saturated rings. The van der Waals surface area contributed by atoms with Crippen LogP contribution in [0.4, 0.5) is 27.5 Å². The third-order valence-corrected chi connectivity index (χ3v) is 3.39. The zero-order valence-electron chi connectivity index (χ0n) is 11.6. The van der Waals surface area contributed by atoms with E-state index in [1.807, 2.05) is 18.2 Å². The molecule has 0 saturated carbocycles. The SMILES string of the molecule is O=C(Nc1cccc([N+](=O)[O-])c1)Nc1ccc2c(c1)NCC2. The molecular weight excluding hydrogens is 284 g/mol. The van der Waals surface area contributed by atoms with Gasteiger partial charge in [0.2, 0.25) is 0 Å². The Bertz CT molecular complexity index is 745. The summed E-state index contributed by atoms with van der Waals surface area (Å²) in [4.78, 5) is 22.2. The quantitative estimate of drug-likeness (QED) is 0.599. The van der Waals surface area contributed by atoms with Crippen LogP contribution in [0.3, 0.4) is 0 Å². The van der Waals surface area contributed by atoms with E-state index in [0.29, 0.717) is 11.4 Å². The van der Waals surface area contributed by atoms with Crippen molar-refractivity contribution in [2.75, 3.05) is 22.5 Å². The second kappa shape index (κ2) is 5.72. The average molecular weight is 298 g/mol. The van der Waals surface area contributed by atoms with Gasteiger partial charge >= 0.3 is 6.03 Å². The van der Waals surface area contributed by atoms with Crippen molar-refractivity contribution in [2.45, 2.75) is 6.42 Å². The highest BCUT2D eigenvalue weighted by atomic mass is 16.6. The van der Waals surface area contributed by atoms with Crippen molar-refractivity contribution in [1.29, 1.82) is 0 Å². The van der Waals surface area contributed by atoms with Gasteiger partial charge in [-0.05, 0) is 30.2 Å². The van der Waals surface area contributed by atoms with E-state index in [-0.39, 0.29) is 5.69 Å². The van der Waals surface area contributed by atoms with Crippen molar-refractivity contribution in [3.63, 3.8) is 0 Å². The highest BCUT2D eigenvalue weighted by molar-refractivity contribution is 6.00. The molecule has 3 rings (SSSR count). The average Bonchev–Trinajstić information content (AvgIpc) is 2.95. The summed E-state index contributed by atoms with van der Waals surface area (Å²) in [6, 6.07) is 11.0. The normalized spacial score (nSPS) is 12.2. The summed E-state index contributed by atoms with van der Waals surface area (Å²) in [5.74, 6) is 0. The Morgan fingerprint density at radius 3 is 2.68 bits per heavy atom. The van der Waals surface area contributed by atoms with Crippen LogP contribution in [0, 0.1) is 10.1 Å². The lowest BCUT2D eigenvalue weighted by Crippen LogP contribution is -2.19. The number of amides is 2. The number of hydrogen-bond acceptors (Lipinski definition) is 4. The van der Waals surface area contributed by atoms with Crippen LogP contribution < -0.4 is 16.0 Å². The number of nitro benzene ring substituents is 1. The first kappa shape index (κ1) is 13.9. The number of fused-ring (bicyclic) bond motifs is 1. The van der Waals surface area contributed by atoms with Gasteiger partial charge in [0.05, 0.1) is 4.92 Å². The van der Waals surface area contributed by atoms with Gasteiger partial charge < -0.3 is 16.0 Å². The van der Waals surface area contributed by atoms with Gasteiger partial charge in [-0.2, -0.15) is 0 Å². The highest BCUT2D eigenvalue weighted by Gasteiger charge is 2.12. The molecule has 1 aliphatic heterocycles. The number of non-ortho nitro benzene ring substituents is 1. The molecular formula is C15H14N4O3. The number of benzene rings is 2. The van der Waals surface area contributed by atoms with Crippen LogP contribution in [0.25, 0.3) is 0 Å². The predicted octanol–water partition coefficient (Wildman–Crippen LogP) is 3.21. The third kappa shape index (κ3) is 2.98. The van der Waals surface area contributed by atoms with Gasteiger partial charge in [0.15, 0.2) is 0 Å². The number of anilines is 3. The van der Waals surface area contributed by atoms with Crippen molar-refractivity contribution in [3.8, 4) is 0 Å². The Kier molecular flexibility index (Phi) is 3.61. The summed E-state index contributed by atoms with van der Waals surface area (Å²) in [6.45, 7) is 0.901. The molecule has 112 valence electrons. The first-order valence-electron chi connectivity index (χ1n) is 6.81. The zero-order valence-corrected chi connectivity index (χ0v) is 11.6. The third-order valence-electron chi connectivity index (χ3n) is 3.39. The number of nitrogens with one attached hydrogen (secondary N) is 3. The Balaban J connectivity index is 1.67. The molecule has 7 heteroatoms. The molecule has 7 nitrogen and oxygen atoms in total. The number of urea groups is 1. The van der Waals surface area contributed by atoms with Gasteiger partial charge in [-0.25, -0.2) is 4.79 Å². The lowest BCUT2D eigenvalue weighted by molar-refractivity contribution is -0.384. The molecule has 2 aromatic carbocycles. The van der Waals surface area contributed by atoms with Crippen LogP contribution in [0.5, 0.6) is 0 Å². The van der Waals surface area contributed by atoms with Crippen molar-refractivity contribution in [3.05, 3.63) is 58.1 Å². The minimum Gasteiger partial charge on any atom is -0.384 e. The lowest BCUT2D eigenvalue weighted by Gasteiger charge is -2.09. The summed E-state index contributed by atoms with van der Waals surface area (Å²) >= 11 is 0. The molecule has 0 saturated heterocycles. The van der Waals surface area contributed by atoms with Crippen LogP contribution in [-0.4, -0.2) is 17.5 Å². The summed E-state index contributed by atoms with van der Waals surface area (Å²) in [6.07, 6.45) is 0.982. The number of carbonyl (C=O) groups excluding carboxylic acids is 1. The van der Waals surface area contributed by atoms with Gasteiger partial charge in [-0.15, -0.1) is 0 Å². The van der Waals surface area contributed by atoms with Crippen LogP contribution in [0.2, 0.25) is 0 Å². The van der Waals surface area contributed by atoms with E-state index < -0.39 is 11.0 Å². The standard InChI is InChI=1S/C15H14N4O3/c20-15(17-11-2-1-3-13(8-11)19(21)22)18-12-5-4-10-6-7-16-14(10)9-12/h1-5,8-9,16H,6-7H2,(H2,17,18,20). The van der Waals surface area contributed by atoms with E-state index in [4.69, 9.17) is 0 Å². The Labute approximate surface area is 126 Å². The minimum absolute atomic E-state index is 0.0699. The zero-order chi connectivity index (χ0) is 15.5. The molecule has 0 radical (unpaired) electrons. The van der Waals surface area contributed by atoms with E-state index in [9.17, 15) is 14.9 Å². The maximum absolute atomic E-state index is 12.0. The van der Waals surface area contributed by atoms with Gasteiger partial charge in [0, 0.05) is 35.7 Å². The van der Waals surface area contributed by atoms with Crippen LogP contribution in [0.15, 0.2) is 42.5 Å². The molecule has 1 heterocycles. The molecule has 2 amide bonds. The van der Waals surface area contributed by atoms with E-state index in [0.717, 1.165) is 18.7 Å². The molecule has 0 aliphatic carbocycles. The van der Waals surface area contributed by atoms with Crippen LogP contribution >= 0.6 is 0 Å². The monoisotopic (exact) mass is 298 g/mol. The van der Waals surface area contributed by atoms with E-state index >= 15 is 0 Å². The molecule has 0 atom stereocenters. The Morgan fingerprint density at radius 2 is 1.91 bits per heavy atom. The first-order chi connectivity index (χ1) is 10.6. The molecule has 0 unspecified atom stereocenters. The second-order valence-electron chi connectivity index (χ2n) is 4.94. The minimum atomic E-state index is -0.505. The molecule has 22 heavy (non-hydrogen) atoms. The van der Waals surface area contributed by atoms with Gasteiger partial charge in [-0.3, -0.25) is 10.1 Å². The molecule has 1 aliphatic rings. The van der Waals surface area contributed by atoms with Gasteiger partial charge in [-0.1, -0.05) is 12.1 Å². The van der Waals surface area contributed by atoms with Gasteiger partial charge in [0.25, 0.3) is 5.69 Å². The van der Waals surface area contributed by atoms with Crippen LogP contribution in [0.1, 0.15) is 5.56 Å².